The Morgan fingerprint density at radius 1 is 1.09 bits per heavy atom. The lowest BCUT2D eigenvalue weighted by Gasteiger charge is -2.04. The molecular formula is C15H12FN3O2S2. The van der Waals surface area contributed by atoms with Gasteiger partial charge in [0.25, 0.3) is 0 Å². The zero-order valence-electron chi connectivity index (χ0n) is 11.8. The summed E-state index contributed by atoms with van der Waals surface area (Å²) in [4.78, 5) is 8.36. The minimum absolute atomic E-state index is 0.0183. The summed E-state index contributed by atoms with van der Waals surface area (Å²) in [5.41, 5.74) is 1.69. The third kappa shape index (κ3) is 3.79. The highest BCUT2D eigenvalue weighted by atomic mass is 32.2. The summed E-state index contributed by atoms with van der Waals surface area (Å²) in [7, 11) is -3.69. The first-order valence-electron chi connectivity index (χ1n) is 6.65. The number of benzene rings is 1. The van der Waals surface area contributed by atoms with Gasteiger partial charge in [-0.15, -0.1) is 11.3 Å². The normalized spacial score (nSPS) is 11.5. The highest BCUT2D eigenvalue weighted by molar-refractivity contribution is 7.89. The second kappa shape index (κ2) is 6.53. The van der Waals surface area contributed by atoms with Gasteiger partial charge in [0.1, 0.15) is 10.8 Å². The number of rotatable bonds is 5. The monoisotopic (exact) mass is 349 g/mol. The van der Waals surface area contributed by atoms with Crippen molar-refractivity contribution in [2.75, 3.05) is 0 Å². The molecule has 3 rings (SSSR count). The van der Waals surface area contributed by atoms with Crippen molar-refractivity contribution in [2.24, 2.45) is 0 Å². The standard InChI is InChI=1S/C15H12FN3O2S2/c16-12-1-3-13(4-2-12)23(20,21)18-9-15-19-14(10-22-15)11-5-7-17-8-6-11/h1-8,10,18H,9H2. The molecule has 0 spiro atoms. The summed E-state index contributed by atoms with van der Waals surface area (Å²) < 4.78 is 39.6. The Kier molecular flexibility index (Phi) is 4.46. The Balaban J connectivity index is 1.71. The lowest BCUT2D eigenvalue weighted by atomic mass is 10.2. The van der Waals surface area contributed by atoms with Crippen LogP contribution in [-0.4, -0.2) is 18.4 Å². The lowest BCUT2D eigenvalue weighted by molar-refractivity contribution is 0.580. The molecule has 0 fully saturated rings. The Hall–Kier alpha value is -2.16. The number of thiazole rings is 1. The molecule has 0 amide bonds. The van der Waals surface area contributed by atoms with Crippen molar-refractivity contribution in [3.05, 3.63) is 65.0 Å². The first-order chi connectivity index (χ1) is 11.0. The van der Waals surface area contributed by atoms with Gasteiger partial charge in [-0.05, 0) is 36.4 Å². The summed E-state index contributed by atoms with van der Waals surface area (Å²) in [6.07, 6.45) is 3.34. The van der Waals surface area contributed by atoms with E-state index in [1.807, 2.05) is 17.5 Å². The first kappa shape index (κ1) is 15.7. The molecule has 0 saturated heterocycles. The van der Waals surface area contributed by atoms with E-state index in [1.54, 1.807) is 12.4 Å². The van der Waals surface area contributed by atoms with Crippen LogP contribution in [0, 0.1) is 5.82 Å². The molecule has 23 heavy (non-hydrogen) atoms. The highest BCUT2D eigenvalue weighted by Gasteiger charge is 2.14. The molecule has 3 aromatic rings. The number of aromatic nitrogens is 2. The molecule has 0 aliphatic carbocycles. The fraction of sp³-hybridized carbons (Fsp3) is 0.0667. The maximum absolute atomic E-state index is 12.9. The van der Waals surface area contributed by atoms with Crippen LogP contribution in [-0.2, 0) is 16.6 Å². The van der Waals surface area contributed by atoms with Gasteiger partial charge in [-0.1, -0.05) is 0 Å². The molecule has 0 unspecified atom stereocenters. The van der Waals surface area contributed by atoms with Gasteiger partial charge in [0.05, 0.1) is 17.1 Å². The molecule has 2 aromatic heterocycles. The first-order valence-corrected chi connectivity index (χ1v) is 9.01. The molecule has 0 atom stereocenters. The van der Waals surface area contributed by atoms with Crippen LogP contribution in [0.15, 0.2) is 59.1 Å². The maximum Gasteiger partial charge on any atom is 0.240 e. The molecular weight excluding hydrogens is 337 g/mol. The molecule has 2 heterocycles. The molecule has 1 N–H and O–H groups in total. The second-order valence-electron chi connectivity index (χ2n) is 4.64. The summed E-state index contributed by atoms with van der Waals surface area (Å²) in [5.74, 6) is -0.481. The van der Waals surface area contributed by atoms with Crippen molar-refractivity contribution in [2.45, 2.75) is 11.4 Å². The van der Waals surface area contributed by atoms with Crippen LogP contribution < -0.4 is 4.72 Å². The SMILES string of the molecule is O=S(=O)(NCc1nc(-c2ccncc2)cs1)c1ccc(F)cc1. The van der Waals surface area contributed by atoms with E-state index in [-0.39, 0.29) is 11.4 Å². The summed E-state index contributed by atoms with van der Waals surface area (Å²) >= 11 is 1.36. The predicted octanol–water partition coefficient (Wildman–Crippen LogP) is 2.82. The Bertz CT molecular complexity index is 894. The molecule has 0 bridgehead atoms. The fourth-order valence-corrected chi connectivity index (χ4v) is 3.72. The van der Waals surface area contributed by atoms with Crippen molar-refractivity contribution < 1.29 is 12.8 Å². The van der Waals surface area contributed by atoms with Crippen LogP contribution in [0.2, 0.25) is 0 Å². The molecule has 8 heteroatoms. The third-order valence-corrected chi connectivity index (χ3v) is 5.33. The van der Waals surface area contributed by atoms with Gasteiger partial charge in [-0.25, -0.2) is 22.5 Å². The predicted molar refractivity (Wildman–Crippen MR) is 85.8 cm³/mol. The Morgan fingerprint density at radius 3 is 2.48 bits per heavy atom. The molecule has 0 aliphatic rings. The minimum atomic E-state index is -3.69. The smallest absolute Gasteiger partial charge is 0.240 e. The quantitative estimate of drug-likeness (QED) is 0.769. The fourth-order valence-electron chi connectivity index (χ4n) is 1.90. The highest BCUT2D eigenvalue weighted by Crippen LogP contribution is 2.21. The Morgan fingerprint density at radius 2 is 1.78 bits per heavy atom. The molecule has 5 nitrogen and oxygen atoms in total. The second-order valence-corrected chi connectivity index (χ2v) is 7.35. The summed E-state index contributed by atoms with van der Waals surface area (Å²) in [5, 5.41) is 2.50. The average Bonchev–Trinajstić information content (AvgIpc) is 3.03. The van der Waals surface area contributed by atoms with Crippen molar-refractivity contribution >= 4 is 21.4 Å². The third-order valence-electron chi connectivity index (χ3n) is 3.07. The largest absolute Gasteiger partial charge is 0.265 e. The number of nitrogens with one attached hydrogen (secondary N) is 1. The number of sulfonamides is 1. The lowest BCUT2D eigenvalue weighted by Crippen LogP contribution is -2.23. The van der Waals surface area contributed by atoms with Crippen molar-refractivity contribution in [3.63, 3.8) is 0 Å². The van der Waals surface area contributed by atoms with Gasteiger partial charge in [-0.2, -0.15) is 0 Å². The topological polar surface area (TPSA) is 72.0 Å². The van der Waals surface area contributed by atoms with Crippen LogP contribution in [0.4, 0.5) is 4.39 Å². The van der Waals surface area contributed by atoms with E-state index in [0.717, 1.165) is 23.4 Å². The zero-order chi connectivity index (χ0) is 16.3. The summed E-state index contributed by atoms with van der Waals surface area (Å²) in [6, 6.07) is 8.34. The average molecular weight is 349 g/mol. The van der Waals surface area contributed by atoms with E-state index in [1.165, 1.54) is 23.5 Å². The van der Waals surface area contributed by atoms with E-state index < -0.39 is 15.8 Å². The van der Waals surface area contributed by atoms with Gasteiger partial charge in [0.15, 0.2) is 0 Å². The van der Waals surface area contributed by atoms with Crippen LogP contribution in [0.1, 0.15) is 5.01 Å². The van der Waals surface area contributed by atoms with Crippen LogP contribution in [0.3, 0.4) is 0 Å². The van der Waals surface area contributed by atoms with E-state index >= 15 is 0 Å². The number of hydrogen-bond acceptors (Lipinski definition) is 5. The van der Waals surface area contributed by atoms with Crippen molar-refractivity contribution in [1.29, 1.82) is 0 Å². The van der Waals surface area contributed by atoms with E-state index in [0.29, 0.717) is 5.01 Å². The van der Waals surface area contributed by atoms with Crippen LogP contribution >= 0.6 is 11.3 Å². The summed E-state index contributed by atoms with van der Waals surface area (Å²) in [6.45, 7) is 0.0788. The number of halogens is 1. The number of nitrogens with zero attached hydrogens (tertiary/aromatic N) is 2. The number of pyridine rings is 1. The van der Waals surface area contributed by atoms with Gasteiger partial charge >= 0.3 is 0 Å². The van der Waals surface area contributed by atoms with Crippen LogP contribution in [0.25, 0.3) is 11.3 Å². The van der Waals surface area contributed by atoms with Gasteiger partial charge in [0.2, 0.25) is 10.0 Å². The molecule has 0 aliphatic heterocycles. The van der Waals surface area contributed by atoms with Crippen molar-refractivity contribution in [1.82, 2.24) is 14.7 Å². The zero-order valence-corrected chi connectivity index (χ0v) is 13.4. The van der Waals surface area contributed by atoms with Gasteiger partial charge in [0, 0.05) is 23.3 Å². The molecule has 0 saturated carbocycles. The van der Waals surface area contributed by atoms with E-state index in [9.17, 15) is 12.8 Å². The van der Waals surface area contributed by atoms with Crippen LogP contribution in [0.5, 0.6) is 0 Å². The van der Waals surface area contributed by atoms with E-state index in [4.69, 9.17) is 0 Å². The van der Waals surface area contributed by atoms with E-state index in [2.05, 4.69) is 14.7 Å². The maximum atomic E-state index is 12.9. The minimum Gasteiger partial charge on any atom is -0.265 e. The van der Waals surface area contributed by atoms with Gasteiger partial charge in [-0.3, -0.25) is 4.98 Å². The van der Waals surface area contributed by atoms with Crippen molar-refractivity contribution in [3.8, 4) is 11.3 Å². The van der Waals surface area contributed by atoms with Gasteiger partial charge < -0.3 is 0 Å². The molecule has 0 radical (unpaired) electrons. The Labute approximate surface area is 136 Å². The number of hydrogen-bond donors (Lipinski definition) is 1. The molecule has 118 valence electrons. The molecule has 1 aromatic carbocycles.